The summed E-state index contributed by atoms with van der Waals surface area (Å²) in [5.74, 6) is 0.0239. The molecule has 1 aromatic heterocycles. The molecule has 0 aliphatic carbocycles. The number of morpholine rings is 1. The lowest BCUT2D eigenvalue weighted by Crippen LogP contribution is -2.47. The number of benzene rings is 2. The maximum absolute atomic E-state index is 12.5. The molecule has 3 aromatic rings. The van der Waals surface area contributed by atoms with Crippen LogP contribution in [0.4, 0.5) is 5.69 Å². The normalized spacial score (nSPS) is 16.3. The van der Waals surface area contributed by atoms with Gasteiger partial charge in [0, 0.05) is 25.2 Å². The maximum Gasteiger partial charge on any atom is 0.241 e. The molecule has 0 unspecified atom stereocenters. The van der Waals surface area contributed by atoms with Gasteiger partial charge in [-0.2, -0.15) is 0 Å². The van der Waals surface area contributed by atoms with E-state index < -0.39 is 0 Å². The summed E-state index contributed by atoms with van der Waals surface area (Å²) in [5, 5.41) is 4.12. The van der Waals surface area contributed by atoms with Crippen molar-refractivity contribution in [1.82, 2.24) is 9.88 Å². The zero-order chi connectivity index (χ0) is 18.6. The summed E-state index contributed by atoms with van der Waals surface area (Å²) in [4.78, 5) is 19.3. The molecule has 4 rings (SSSR count). The van der Waals surface area contributed by atoms with Crippen LogP contribution in [0.3, 0.4) is 0 Å². The molecular formula is C21H23N3O2S. The Balaban J connectivity index is 1.37. The molecule has 0 saturated carbocycles. The first-order chi connectivity index (χ1) is 13.2. The summed E-state index contributed by atoms with van der Waals surface area (Å²) in [6.07, 6.45) is 0.803. The standard InChI is InChI=1S/C21H23N3O2S/c1-15(24-10-12-26-13-11-24)21(25)22-17-8-6-16(7-9-17)14-20-23-18-4-2-3-5-19(18)27-20/h2-9,15H,10-14H2,1H3,(H,22,25)/t15-/m1/s1. The Morgan fingerprint density at radius 3 is 2.67 bits per heavy atom. The van der Waals surface area contributed by atoms with Gasteiger partial charge in [-0.3, -0.25) is 9.69 Å². The molecule has 1 N–H and O–H groups in total. The van der Waals surface area contributed by atoms with Crippen LogP contribution in [-0.4, -0.2) is 48.1 Å². The monoisotopic (exact) mass is 381 g/mol. The second-order valence-electron chi connectivity index (χ2n) is 6.76. The van der Waals surface area contributed by atoms with Gasteiger partial charge >= 0.3 is 0 Å². The van der Waals surface area contributed by atoms with Gasteiger partial charge in [0.15, 0.2) is 0 Å². The van der Waals surface area contributed by atoms with Crippen molar-refractivity contribution in [2.24, 2.45) is 0 Å². The predicted molar refractivity (Wildman–Crippen MR) is 109 cm³/mol. The number of amides is 1. The lowest BCUT2D eigenvalue weighted by atomic mass is 10.1. The Bertz CT molecular complexity index is 884. The number of nitrogens with one attached hydrogen (secondary N) is 1. The number of ether oxygens (including phenoxy) is 1. The van der Waals surface area contributed by atoms with E-state index in [1.165, 1.54) is 10.3 Å². The zero-order valence-corrected chi connectivity index (χ0v) is 16.2. The molecule has 1 saturated heterocycles. The summed E-state index contributed by atoms with van der Waals surface area (Å²) in [6.45, 7) is 4.93. The Morgan fingerprint density at radius 1 is 1.19 bits per heavy atom. The van der Waals surface area contributed by atoms with Crippen molar-refractivity contribution in [2.45, 2.75) is 19.4 Å². The number of nitrogens with zero attached hydrogens (tertiary/aromatic N) is 2. The second kappa shape index (κ2) is 8.17. The van der Waals surface area contributed by atoms with Gasteiger partial charge < -0.3 is 10.1 Å². The van der Waals surface area contributed by atoms with E-state index in [0.29, 0.717) is 13.2 Å². The van der Waals surface area contributed by atoms with E-state index in [-0.39, 0.29) is 11.9 Å². The highest BCUT2D eigenvalue weighted by Crippen LogP contribution is 2.24. The maximum atomic E-state index is 12.5. The first-order valence-corrected chi connectivity index (χ1v) is 10.1. The van der Waals surface area contributed by atoms with Gasteiger partial charge in [0.2, 0.25) is 5.91 Å². The van der Waals surface area contributed by atoms with E-state index in [1.807, 2.05) is 37.3 Å². The van der Waals surface area contributed by atoms with Crippen LogP contribution in [0.25, 0.3) is 10.2 Å². The van der Waals surface area contributed by atoms with Crippen molar-refractivity contribution in [3.8, 4) is 0 Å². The van der Waals surface area contributed by atoms with E-state index in [1.54, 1.807) is 11.3 Å². The number of anilines is 1. The zero-order valence-electron chi connectivity index (χ0n) is 15.4. The predicted octanol–water partition coefficient (Wildman–Crippen LogP) is 3.55. The van der Waals surface area contributed by atoms with Gasteiger partial charge in [-0.15, -0.1) is 11.3 Å². The van der Waals surface area contributed by atoms with Crippen LogP contribution in [0.1, 0.15) is 17.5 Å². The van der Waals surface area contributed by atoms with E-state index in [9.17, 15) is 4.79 Å². The average molecular weight is 382 g/mol. The van der Waals surface area contributed by atoms with Gasteiger partial charge in [0.05, 0.1) is 34.5 Å². The fraction of sp³-hybridized carbons (Fsp3) is 0.333. The number of hydrogen-bond acceptors (Lipinski definition) is 5. The van der Waals surface area contributed by atoms with Crippen molar-refractivity contribution >= 4 is 33.1 Å². The minimum atomic E-state index is -0.156. The first-order valence-electron chi connectivity index (χ1n) is 9.25. The molecule has 1 atom stereocenters. The first kappa shape index (κ1) is 18.1. The van der Waals surface area contributed by atoms with E-state index in [2.05, 4.69) is 33.4 Å². The highest BCUT2D eigenvalue weighted by atomic mass is 32.1. The van der Waals surface area contributed by atoms with Crippen LogP contribution in [0.5, 0.6) is 0 Å². The molecule has 0 spiro atoms. The molecule has 2 aromatic carbocycles. The molecule has 1 aliphatic rings. The summed E-state index contributed by atoms with van der Waals surface area (Å²) >= 11 is 1.73. The molecule has 140 valence electrons. The third-order valence-corrected chi connectivity index (χ3v) is 5.92. The number of carbonyl (C=O) groups excluding carboxylic acids is 1. The van der Waals surface area contributed by atoms with Crippen LogP contribution in [0.15, 0.2) is 48.5 Å². The third-order valence-electron chi connectivity index (χ3n) is 4.89. The molecule has 1 amide bonds. The van der Waals surface area contributed by atoms with Gasteiger partial charge in [0.1, 0.15) is 0 Å². The van der Waals surface area contributed by atoms with Crippen molar-refractivity contribution < 1.29 is 9.53 Å². The summed E-state index contributed by atoms with van der Waals surface area (Å²) in [5.41, 5.74) is 3.07. The van der Waals surface area contributed by atoms with Crippen molar-refractivity contribution in [1.29, 1.82) is 0 Å². The topological polar surface area (TPSA) is 54.5 Å². The average Bonchev–Trinajstić information content (AvgIpc) is 3.12. The number of hydrogen-bond donors (Lipinski definition) is 1. The molecular weight excluding hydrogens is 358 g/mol. The summed E-state index contributed by atoms with van der Waals surface area (Å²) in [7, 11) is 0. The number of aromatic nitrogens is 1. The third kappa shape index (κ3) is 4.35. The van der Waals surface area contributed by atoms with Gasteiger partial charge in [0.25, 0.3) is 0 Å². The molecule has 6 heteroatoms. The molecule has 27 heavy (non-hydrogen) atoms. The van der Waals surface area contributed by atoms with Crippen LogP contribution in [0.2, 0.25) is 0 Å². The highest BCUT2D eigenvalue weighted by molar-refractivity contribution is 7.18. The number of thiazole rings is 1. The molecule has 5 nitrogen and oxygen atoms in total. The van der Waals surface area contributed by atoms with E-state index >= 15 is 0 Å². The quantitative estimate of drug-likeness (QED) is 0.734. The SMILES string of the molecule is C[C@H](C(=O)Nc1ccc(Cc2nc3ccccc3s2)cc1)N1CCOCC1. The van der Waals surface area contributed by atoms with Gasteiger partial charge in [-0.05, 0) is 36.8 Å². The van der Waals surface area contributed by atoms with Crippen molar-refractivity contribution in [3.63, 3.8) is 0 Å². The lowest BCUT2D eigenvalue weighted by molar-refractivity contribution is -0.122. The van der Waals surface area contributed by atoms with E-state index in [0.717, 1.165) is 35.7 Å². The fourth-order valence-electron chi connectivity index (χ4n) is 3.25. The van der Waals surface area contributed by atoms with Crippen molar-refractivity contribution in [3.05, 3.63) is 59.1 Å². The summed E-state index contributed by atoms with van der Waals surface area (Å²) in [6, 6.07) is 16.1. The molecule has 0 bridgehead atoms. The molecule has 0 radical (unpaired) electrons. The lowest BCUT2D eigenvalue weighted by Gasteiger charge is -2.31. The second-order valence-corrected chi connectivity index (χ2v) is 7.88. The van der Waals surface area contributed by atoms with Gasteiger partial charge in [-0.1, -0.05) is 24.3 Å². The van der Waals surface area contributed by atoms with Crippen LogP contribution in [-0.2, 0) is 16.0 Å². The largest absolute Gasteiger partial charge is 0.379 e. The Kier molecular flexibility index (Phi) is 5.48. The number of carbonyl (C=O) groups is 1. The molecule has 1 aliphatic heterocycles. The van der Waals surface area contributed by atoms with E-state index in [4.69, 9.17) is 4.74 Å². The molecule has 1 fully saturated rings. The minimum Gasteiger partial charge on any atom is -0.379 e. The fourth-order valence-corrected chi connectivity index (χ4v) is 4.25. The van der Waals surface area contributed by atoms with Crippen LogP contribution < -0.4 is 5.32 Å². The number of fused-ring (bicyclic) bond motifs is 1. The number of para-hydroxylation sites is 1. The van der Waals surface area contributed by atoms with Crippen LogP contribution >= 0.6 is 11.3 Å². The van der Waals surface area contributed by atoms with Gasteiger partial charge in [-0.25, -0.2) is 4.98 Å². The highest BCUT2D eigenvalue weighted by Gasteiger charge is 2.23. The Labute approximate surface area is 163 Å². The Morgan fingerprint density at radius 2 is 1.93 bits per heavy atom. The minimum absolute atomic E-state index is 0.0239. The van der Waals surface area contributed by atoms with Crippen LogP contribution in [0, 0.1) is 0 Å². The Hall–Kier alpha value is -2.28. The van der Waals surface area contributed by atoms with Crippen molar-refractivity contribution in [2.75, 3.05) is 31.6 Å². The molecule has 2 heterocycles. The number of rotatable bonds is 5. The smallest absolute Gasteiger partial charge is 0.241 e. The summed E-state index contributed by atoms with van der Waals surface area (Å²) < 4.78 is 6.57.